The number of aliphatic carboxylic acids is 1. The Bertz CT molecular complexity index is 794. The second-order valence-corrected chi connectivity index (χ2v) is 8.07. The van der Waals surface area contributed by atoms with Gasteiger partial charge in [-0.1, -0.05) is 50.3 Å². The average molecular weight is 416 g/mol. The molecule has 1 saturated carbocycles. The van der Waals surface area contributed by atoms with Gasteiger partial charge in [-0.25, -0.2) is 9.59 Å². The fourth-order valence-electron chi connectivity index (χ4n) is 3.19. The van der Waals surface area contributed by atoms with E-state index in [1.54, 1.807) is 18.2 Å². The minimum atomic E-state index is -1.17. The molecule has 0 bridgehead atoms. The first-order chi connectivity index (χ1) is 14.2. The fraction of sp³-hybridized carbons (Fsp3) is 0.455. The zero-order valence-electron chi connectivity index (χ0n) is 17.3. The molecule has 2 rings (SSSR count). The van der Waals surface area contributed by atoms with Crippen LogP contribution in [0.1, 0.15) is 38.7 Å². The lowest BCUT2D eigenvalue weighted by atomic mass is 9.74. The van der Waals surface area contributed by atoms with E-state index in [0.717, 1.165) is 5.56 Å². The number of alkyl carbamates (subject to hydrolysis) is 1. The Morgan fingerprint density at radius 2 is 1.80 bits per heavy atom. The van der Waals surface area contributed by atoms with Gasteiger partial charge in [0, 0.05) is 19.4 Å². The molecular formula is C22H28N2O6. The normalized spacial score (nSPS) is 16.7. The van der Waals surface area contributed by atoms with Crippen molar-refractivity contribution in [3.8, 4) is 0 Å². The molecule has 8 nitrogen and oxygen atoms in total. The molecule has 0 aliphatic heterocycles. The molecule has 1 aliphatic rings. The first kappa shape index (κ1) is 23.3. The molecule has 1 aliphatic carbocycles. The second kappa shape index (κ2) is 10.7. The van der Waals surface area contributed by atoms with Gasteiger partial charge in [0.05, 0.1) is 5.57 Å². The van der Waals surface area contributed by atoms with Gasteiger partial charge in [0.25, 0.3) is 0 Å². The van der Waals surface area contributed by atoms with Crippen molar-refractivity contribution in [2.75, 3.05) is 13.1 Å². The summed E-state index contributed by atoms with van der Waals surface area (Å²) in [6.45, 7) is 4.36. The van der Waals surface area contributed by atoms with Gasteiger partial charge in [-0.2, -0.15) is 0 Å². The molecule has 1 amide bonds. The molecular weight excluding hydrogens is 388 g/mol. The average Bonchev–Trinajstić information content (AvgIpc) is 2.66. The third-order valence-corrected chi connectivity index (χ3v) is 4.74. The largest absolute Gasteiger partial charge is 0.480 e. The topological polar surface area (TPSA) is 122 Å². The molecule has 0 unspecified atom stereocenters. The molecule has 0 heterocycles. The summed E-state index contributed by atoms with van der Waals surface area (Å²) in [5.41, 5.74) is 0.692. The molecule has 0 spiro atoms. The molecule has 0 radical (unpaired) electrons. The monoisotopic (exact) mass is 416 g/mol. The van der Waals surface area contributed by atoms with Crippen molar-refractivity contribution in [3.05, 3.63) is 47.5 Å². The van der Waals surface area contributed by atoms with Gasteiger partial charge < -0.3 is 20.5 Å². The third-order valence-electron chi connectivity index (χ3n) is 4.74. The predicted molar refractivity (Wildman–Crippen MR) is 110 cm³/mol. The van der Waals surface area contributed by atoms with Crippen LogP contribution in [0, 0.1) is 5.41 Å². The molecule has 8 heteroatoms. The van der Waals surface area contributed by atoms with Gasteiger partial charge >= 0.3 is 12.1 Å². The number of ether oxygens (including phenoxy) is 1. The van der Waals surface area contributed by atoms with E-state index in [0.29, 0.717) is 12.8 Å². The third kappa shape index (κ3) is 7.44. The maximum atomic E-state index is 12.1. The predicted octanol–water partition coefficient (Wildman–Crippen LogP) is 2.23. The van der Waals surface area contributed by atoms with Gasteiger partial charge in [-0.3, -0.25) is 9.59 Å². The molecule has 1 fully saturated rings. The van der Waals surface area contributed by atoms with Crippen LogP contribution >= 0.6 is 0 Å². The Labute approximate surface area is 175 Å². The Kier molecular flexibility index (Phi) is 8.29. The summed E-state index contributed by atoms with van der Waals surface area (Å²) in [5.74, 6) is -1.50. The van der Waals surface area contributed by atoms with E-state index >= 15 is 0 Å². The summed E-state index contributed by atoms with van der Waals surface area (Å²) >= 11 is 0. The number of ketones is 2. The van der Waals surface area contributed by atoms with Crippen LogP contribution in [0.3, 0.4) is 0 Å². The van der Waals surface area contributed by atoms with Crippen LogP contribution in [-0.2, 0) is 25.7 Å². The SMILES string of the molecule is CC1(C)CC(=O)C(=CCNCC[C@@H](NC(=O)OCc2ccccc2)C(=O)O)C(=O)C1. The van der Waals surface area contributed by atoms with Gasteiger partial charge in [-0.05, 0) is 23.9 Å². The number of carbonyl (C=O) groups is 4. The number of carbonyl (C=O) groups excluding carboxylic acids is 3. The van der Waals surface area contributed by atoms with Crippen LogP contribution in [0.4, 0.5) is 4.79 Å². The highest BCUT2D eigenvalue weighted by Crippen LogP contribution is 2.33. The fourth-order valence-corrected chi connectivity index (χ4v) is 3.19. The van der Waals surface area contributed by atoms with E-state index in [1.165, 1.54) is 0 Å². The quantitative estimate of drug-likeness (QED) is 0.321. The number of allylic oxidation sites excluding steroid dienone is 1. The molecule has 1 aromatic rings. The Morgan fingerprint density at radius 3 is 2.40 bits per heavy atom. The van der Waals surface area contributed by atoms with Crippen LogP contribution < -0.4 is 10.6 Å². The smallest absolute Gasteiger partial charge is 0.408 e. The summed E-state index contributed by atoms with van der Waals surface area (Å²) in [7, 11) is 0. The van der Waals surface area contributed by atoms with Crippen molar-refractivity contribution in [1.82, 2.24) is 10.6 Å². The van der Waals surface area contributed by atoms with Gasteiger partial charge in [0.2, 0.25) is 0 Å². The zero-order chi connectivity index (χ0) is 22.1. The summed E-state index contributed by atoms with van der Waals surface area (Å²) in [4.78, 5) is 47.4. The van der Waals surface area contributed by atoms with E-state index in [1.807, 2.05) is 32.0 Å². The van der Waals surface area contributed by atoms with Crippen LogP contribution in [0.25, 0.3) is 0 Å². The Morgan fingerprint density at radius 1 is 1.17 bits per heavy atom. The van der Waals surface area contributed by atoms with Crippen LogP contribution in [0.5, 0.6) is 0 Å². The number of hydrogen-bond donors (Lipinski definition) is 3. The lowest BCUT2D eigenvalue weighted by Crippen LogP contribution is -2.42. The molecule has 30 heavy (non-hydrogen) atoms. The van der Waals surface area contributed by atoms with Crippen molar-refractivity contribution in [1.29, 1.82) is 0 Å². The molecule has 3 N–H and O–H groups in total. The minimum Gasteiger partial charge on any atom is -0.480 e. The molecule has 1 aromatic carbocycles. The van der Waals surface area contributed by atoms with Gasteiger partial charge in [0.1, 0.15) is 12.6 Å². The number of rotatable bonds is 9. The van der Waals surface area contributed by atoms with Crippen molar-refractivity contribution in [2.45, 2.75) is 45.8 Å². The van der Waals surface area contributed by atoms with E-state index < -0.39 is 18.1 Å². The van der Waals surface area contributed by atoms with Crippen LogP contribution in [0.15, 0.2) is 42.0 Å². The highest BCUT2D eigenvalue weighted by Gasteiger charge is 2.35. The second-order valence-electron chi connectivity index (χ2n) is 8.07. The number of nitrogens with one attached hydrogen (secondary N) is 2. The highest BCUT2D eigenvalue weighted by atomic mass is 16.5. The van der Waals surface area contributed by atoms with E-state index in [4.69, 9.17) is 4.74 Å². The number of carboxylic acids is 1. The summed E-state index contributed by atoms with van der Waals surface area (Å²) in [6, 6.07) is 7.94. The highest BCUT2D eigenvalue weighted by molar-refractivity contribution is 6.22. The molecule has 0 aromatic heterocycles. The van der Waals surface area contributed by atoms with Crippen molar-refractivity contribution < 1.29 is 29.0 Å². The first-order valence-corrected chi connectivity index (χ1v) is 9.85. The lowest BCUT2D eigenvalue weighted by molar-refractivity contribution is -0.139. The Hall–Kier alpha value is -3.00. The zero-order valence-corrected chi connectivity index (χ0v) is 17.3. The van der Waals surface area contributed by atoms with Gasteiger partial charge in [-0.15, -0.1) is 0 Å². The molecule has 1 atom stereocenters. The Balaban J connectivity index is 1.74. The lowest BCUT2D eigenvalue weighted by Gasteiger charge is -2.28. The van der Waals surface area contributed by atoms with Crippen LogP contribution in [-0.4, -0.2) is 47.9 Å². The minimum absolute atomic E-state index is 0.0453. The van der Waals surface area contributed by atoms with E-state index in [-0.39, 0.29) is 48.7 Å². The number of benzene rings is 1. The standard InChI is InChI=1S/C22H28N2O6/c1-22(2)12-18(25)16(19(26)13-22)8-10-23-11-9-17(20(27)28)24-21(29)30-14-15-6-4-3-5-7-15/h3-8,17,23H,9-14H2,1-2H3,(H,24,29)(H,27,28)/t17-/m1/s1. The number of Topliss-reactive ketones (excluding diaryl/α,β-unsaturated/α-hetero) is 2. The summed E-state index contributed by atoms with van der Waals surface area (Å²) in [6.07, 6.45) is 1.53. The molecule has 0 saturated heterocycles. The summed E-state index contributed by atoms with van der Waals surface area (Å²) < 4.78 is 5.04. The van der Waals surface area contributed by atoms with Crippen molar-refractivity contribution in [3.63, 3.8) is 0 Å². The van der Waals surface area contributed by atoms with Crippen molar-refractivity contribution in [2.24, 2.45) is 5.41 Å². The van der Waals surface area contributed by atoms with E-state index in [2.05, 4.69) is 10.6 Å². The van der Waals surface area contributed by atoms with Crippen molar-refractivity contribution >= 4 is 23.6 Å². The molecule has 162 valence electrons. The first-order valence-electron chi connectivity index (χ1n) is 9.85. The van der Waals surface area contributed by atoms with Gasteiger partial charge in [0.15, 0.2) is 11.6 Å². The van der Waals surface area contributed by atoms with Crippen LogP contribution in [0.2, 0.25) is 0 Å². The number of carboxylic acid groups (broad SMARTS) is 1. The maximum absolute atomic E-state index is 12.1. The van der Waals surface area contributed by atoms with E-state index in [9.17, 15) is 24.3 Å². The maximum Gasteiger partial charge on any atom is 0.408 e. The number of amides is 1. The number of hydrogen-bond acceptors (Lipinski definition) is 6. The summed E-state index contributed by atoms with van der Waals surface area (Å²) in [5, 5.41) is 14.6.